The normalized spacial score (nSPS) is 18.6. The van der Waals surface area contributed by atoms with Crippen molar-refractivity contribution < 1.29 is 19.4 Å². The lowest BCUT2D eigenvalue weighted by atomic mass is 10.1. The van der Waals surface area contributed by atoms with E-state index in [1.807, 2.05) is 6.92 Å². The fraction of sp³-hybridized carbons (Fsp3) is 0.571. The molecule has 1 saturated heterocycles. The van der Waals surface area contributed by atoms with E-state index in [0.29, 0.717) is 30.1 Å². The van der Waals surface area contributed by atoms with E-state index in [4.69, 9.17) is 4.74 Å². The highest BCUT2D eigenvalue weighted by atomic mass is 32.1. The van der Waals surface area contributed by atoms with Crippen LogP contribution in [-0.4, -0.2) is 36.7 Å². The van der Waals surface area contributed by atoms with Crippen LogP contribution in [0.2, 0.25) is 0 Å². The quantitative estimate of drug-likeness (QED) is 0.842. The summed E-state index contributed by atoms with van der Waals surface area (Å²) in [6, 6.07) is 1.80. The molecule has 0 bridgehead atoms. The number of amides is 1. The maximum absolute atomic E-state index is 12.0. The van der Waals surface area contributed by atoms with Crippen molar-refractivity contribution in [3.8, 4) is 0 Å². The molecular formula is C14H19NO4S. The molecule has 1 amide bonds. The van der Waals surface area contributed by atoms with Gasteiger partial charge in [-0.1, -0.05) is 6.92 Å². The molecule has 0 aromatic carbocycles. The maximum Gasteiger partial charge on any atom is 0.341 e. The van der Waals surface area contributed by atoms with Crippen LogP contribution < -0.4 is 4.90 Å². The third-order valence-corrected chi connectivity index (χ3v) is 4.62. The van der Waals surface area contributed by atoms with Gasteiger partial charge in [0.1, 0.15) is 5.00 Å². The van der Waals surface area contributed by atoms with Crippen LogP contribution in [0.5, 0.6) is 0 Å². The Morgan fingerprint density at radius 3 is 2.85 bits per heavy atom. The first-order valence-electron chi connectivity index (χ1n) is 6.81. The van der Waals surface area contributed by atoms with Crippen molar-refractivity contribution in [1.29, 1.82) is 0 Å². The van der Waals surface area contributed by atoms with Crippen molar-refractivity contribution in [2.45, 2.75) is 26.7 Å². The summed E-state index contributed by atoms with van der Waals surface area (Å²) in [5, 5.41) is 9.85. The van der Waals surface area contributed by atoms with E-state index >= 15 is 0 Å². The van der Waals surface area contributed by atoms with E-state index in [-0.39, 0.29) is 18.4 Å². The Morgan fingerprint density at radius 1 is 1.55 bits per heavy atom. The van der Waals surface area contributed by atoms with Crippen molar-refractivity contribution in [3.63, 3.8) is 0 Å². The summed E-state index contributed by atoms with van der Waals surface area (Å²) in [7, 11) is 0. The highest BCUT2D eigenvalue weighted by Gasteiger charge is 2.34. The molecule has 0 spiro atoms. The second kappa shape index (κ2) is 6.37. The average molecular weight is 297 g/mol. The van der Waals surface area contributed by atoms with E-state index in [1.165, 1.54) is 11.3 Å². The maximum atomic E-state index is 12.0. The Balaban J connectivity index is 2.32. The van der Waals surface area contributed by atoms with Gasteiger partial charge < -0.3 is 14.7 Å². The van der Waals surface area contributed by atoms with Gasteiger partial charge in [-0.15, -0.1) is 11.3 Å². The lowest BCUT2D eigenvalue weighted by Crippen LogP contribution is -2.25. The number of aliphatic hydroxyl groups is 1. The zero-order chi connectivity index (χ0) is 14.7. The first-order chi connectivity index (χ1) is 9.60. The van der Waals surface area contributed by atoms with Crippen LogP contribution in [-0.2, 0) is 16.0 Å². The lowest BCUT2D eigenvalue weighted by Gasteiger charge is -2.16. The van der Waals surface area contributed by atoms with Crippen molar-refractivity contribution in [2.75, 3.05) is 24.7 Å². The van der Waals surface area contributed by atoms with Crippen molar-refractivity contribution in [2.24, 2.45) is 5.92 Å². The van der Waals surface area contributed by atoms with Crippen LogP contribution in [0.25, 0.3) is 0 Å². The summed E-state index contributed by atoms with van der Waals surface area (Å²) in [5.74, 6) is -0.484. The molecule has 20 heavy (non-hydrogen) atoms. The standard InChI is InChI=1S/C14H19NO4S/c1-3-10-6-11(14(18)19-4-2)13(20-10)15-7-9(8-16)5-12(15)17/h6,9,16H,3-5,7-8H2,1-2H3. The number of esters is 1. The molecule has 1 aliphatic heterocycles. The summed E-state index contributed by atoms with van der Waals surface area (Å²) < 4.78 is 5.05. The second-order valence-corrected chi connectivity index (χ2v) is 5.88. The van der Waals surface area contributed by atoms with Gasteiger partial charge in [0.15, 0.2) is 0 Å². The molecule has 1 atom stereocenters. The molecule has 1 unspecified atom stereocenters. The van der Waals surface area contributed by atoms with Gasteiger partial charge in [0.25, 0.3) is 0 Å². The topological polar surface area (TPSA) is 66.8 Å². The molecule has 1 aromatic rings. The van der Waals surface area contributed by atoms with Crippen molar-refractivity contribution >= 4 is 28.2 Å². The first kappa shape index (κ1) is 15.0. The first-order valence-corrected chi connectivity index (χ1v) is 7.63. The predicted molar refractivity (Wildman–Crippen MR) is 77.2 cm³/mol. The van der Waals surface area contributed by atoms with Crippen LogP contribution in [0, 0.1) is 5.92 Å². The summed E-state index contributed by atoms with van der Waals surface area (Å²) in [6.07, 6.45) is 1.14. The van der Waals surface area contributed by atoms with Gasteiger partial charge in [-0.2, -0.15) is 0 Å². The third-order valence-electron chi connectivity index (χ3n) is 3.32. The van der Waals surface area contributed by atoms with Gasteiger partial charge in [-0.05, 0) is 19.4 Å². The van der Waals surface area contributed by atoms with E-state index < -0.39 is 5.97 Å². The number of aliphatic hydroxyl groups excluding tert-OH is 1. The Labute approximate surface area is 122 Å². The van der Waals surface area contributed by atoms with Crippen molar-refractivity contribution in [1.82, 2.24) is 0 Å². The minimum absolute atomic E-state index is 0.0109. The third kappa shape index (κ3) is 2.86. The number of hydrogen-bond donors (Lipinski definition) is 1. The van der Waals surface area contributed by atoms with Crippen LogP contribution in [0.3, 0.4) is 0 Å². The Morgan fingerprint density at radius 2 is 2.30 bits per heavy atom. The number of anilines is 1. The van der Waals surface area contributed by atoms with Crippen LogP contribution in [0.1, 0.15) is 35.5 Å². The van der Waals surface area contributed by atoms with Gasteiger partial charge in [0.05, 0.1) is 12.2 Å². The molecule has 1 aliphatic rings. The number of hydrogen-bond acceptors (Lipinski definition) is 5. The van der Waals surface area contributed by atoms with Gasteiger partial charge in [-0.3, -0.25) is 4.79 Å². The van der Waals surface area contributed by atoms with E-state index in [9.17, 15) is 14.7 Å². The fourth-order valence-electron chi connectivity index (χ4n) is 2.26. The summed E-state index contributed by atoms with van der Waals surface area (Å²) in [5.41, 5.74) is 0.459. The fourth-order valence-corrected chi connectivity index (χ4v) is 3.37. The zero-order valence-corrected chi connectivity index (χ0v) is 12.5. The number of rotatable bonds is 5. The number of nitrogens with zero attached hydrogens (tertiary/aromatic N) is 1. The monoisotopic (exact) mass is 297 g/mol. The number of ether oxygens (including phenoxy) is 1. The van der Waals surface area contributed by atoms with Crippen LogP contribution in [0.4, 0.5) is 5.00 Å². The minimum atomic E-state index is -0.390. The molecule has 110 valence electrons. The molecule has 0 aliphatic carbocycles. The van der Waals surface area contributed by atoms with E-state index in [1.54, 1.807) is 17.9 Å². The van der Waals surface area contributed by atoms with E-state index in [0.717, 1.165) is 11.3 Å². The van der Waals surface area contributed by atoms with Gasteiger partial charge in [-0.25, -0.2) is 4.79 Å². The minimum Gasteiger partial charge on any atom is -0.462 e. The predicted octanol–water partition coefficient (Wildman–Crippen LogP) is 1.83. The van der Waals surface area contributed by atoms with Gasteiger partial charge in [0, 0.05) is 30.4 Å². The molecule has 1 aromatic heterocycles. The van der Waals surface area contributed by atoms with Gasteiger partial charge in [0.2, 0.25) is 5.91 Å². The number of aryl methyl sites for hydroxylation is 1. The number of carbonyl (C=O) groups excluding carboxylic acids is 2. The Bertz CT molecular complexity index is 511. The summed E-state index contributed by atoms with van der Waals surface area (Å²) in [6.45, 7) is 4.53. The Kier molecular flexibility index (Phi) is 4.77. The largest absolute Gasteiger partial charge is 0.462 e. The molecule has 1 fully saturated rings. The average Bonchev–Trinajstić information content (AvgIpc) is 3.01. The SMILES string of the molecule is CCOC(=O)c1cc(CC)sc1N1CC(CO)CC1=O. The number of thiophene rings is 1. The molecule has 0 radical (unpaired) electrons. The van der Waals surface area contributed by atoms with Crippen molar-refractivity contribution in [3.05, 3.63) is 16.5 Å². The van der Waals surface area contributed by atoms with Crippen LogP contribution in [0.15, 0.2) is 6.07 Å². The molecule has 2 heterocycles. The van der Waals surface area contributed by atoms with Gasteiger partial charge >= 0.3 is 5.97 Å². The molecule has 2 rings (SSSR count). The second-order valence-electron chi connectivity index (χ2n) is 4.76. The molecule has 6 heteroatoms. The highest BCUT2D eigenvalue weighted by Crippen LogP contribution is 2.36. The zero-order valence-electron chi connectivity index (χ0n) is 11.7. The highest BCUT2D eigenvalue weighted by molar-refractivity contribution is 7.16. The molecule has 5 nitrogen and oxygen atoms in total. The van der Waals surface area contributed by atoms with E-state index in [2.05, 4.69) is 0 Å². The lowest BCUT2D eigenvalue weighted by molar-refractivity contribution is -0.117. The number of carbonyl (C=O) groups is 2. The molecule has 1 N–H and O–H groups in total. The molecular weight excluding hydrogens is 278 g/mol. The summed E-state index contributed by atoms with van der Waals surface area (Å²) in [4.78, 5) is 26.7. The summed E-state index contributed by atoms with van der Waals surface area (Å²) >= 11 is 1.45. The van der Waals surface area contributed by atoms with Crippen LogP contribution >= 0.6 is 11.3 Å². The molecule has 0 saturated carbocycles. The smallest absolute Gasteiger partial charge is 0.341 e. The Hall–Kier alpha value is -1.40.